The second-order valence-corrected chi connectivity index (χ2v) is 5.81. The molecule has 0 aliphatic heterocycles. The molecule has 0 bridgehead atoms. The average Bonchev–Trinajstić information content (AvgIpc) is 2.47. The molecule has 2 rings (SSSR count). The zero-order chi connectivity index (χ0) is 17.0. The third kappa shape index (κ3) is 4.69. The highest BCUT2D eigenvalue weighted by atomic mass is 32.1. The molecule has 0 aromatic heterocycles. The number of nitrogens with one attached hydrogen (secondary N) is 2. The molecule has 2 aromatic carbocycles. The van der Waals surface area contributed by atoms with E-state index >= 15 is 0 Å². The average molecular weight is 338 g/mol. The van der Waals surface area contributed by atoms with Crippen LogP contribution in [0.1, 0.15) is 30.9 Å². The summed E-state index contributed by atoms with van der Waals surface area (Å²) in [6, 6.07) is 12.8. The van der Waals surface area contributed by atoms with E-state index < -0.39 is 11.7 Å². The van der Waals surface area contributed by atoms with Crippen molar-refractivity contribution in [2.24, 2.45) is 0 Å². The van der Waals surface area contributed by atoms with Crippen molar-refractivity contribution in [2.45, 2.75) is 25.9 Å². The first-order chi connectivity index (χ1) is 10.8. The lowest BCUT2D eigenvalue weighted by atomic mass is 10.0. The highest BCUT2D eigenvalue weighted by molar-refractivity contribution is 7.80. The SMILES string of the molecule is CC(C)c1ccc(NC(=S)Nc2ccccc2C(F)(F)F)cc1. The molecule has 0 heterocycles. The first-order valence-electron chi connectivity index (χ1n) is 7.11. The van der Waals surface area contributed by atoms with Gasteiger partial charge in [0.25, 0.3) is 0 Å². The number of rotatable bonds is 3. The van der Waals surface area contributed by atoms with Gasteiger partial charge in [-0.1, -0.05) is 38.1 Å². The molecule has 0 saturated carbocycles. The Balaban J connectivity index is 2.08. The van der Waals surface area contributed by atoms with Crippen LogP contribution in [0.2, 0.25) is 0 Å². The highest BCUT2D eigenvalue weighted by Gasteiger charge is 2.33. The van der Waals surface area contributed by atoms with Crippen molar-refractivity contribution in [1.82, 2.24) is 0 Å². The number of benzene rings is 2. The standard InChI is InChI=1S/C17H17F3N2S/c1-11(2)12-7-9-13(10-8-12)21-16(23)22-15-6-4-3-5-14(15)17(18,19)20/h3-11H,1-2H3,(H2,21,22,23). The van der Waals surface area contributed by atoms with Crippen molar-refractivity contribution in [1.29, 1.82) is 0 Å². The van der Waals surface area contributed by atoms with Gasteiger partial charge in [0, 0.05) is 5.69 Å². The molecule has 6 heteroatoms. The van der Waals surface area contributed by atoms with Crippen molar-refractivity contribution in [3.05, 3.63) is 59.7 Å². The van der Waals surface area contributed by atoms with Gasteiger partial charge in [0.05, 0.1) is 11.3 Å². The van der Waals surface area contributed by atoms with Gasteiger partial charge in [0.1, 0.15) is 0 Å². The fourth-order valence-corrected chi connectivity index (χ4v) is 2.30. The maximum Gasteiger partial charge on any atom is 0.418 e. The van der Waals surface area contributed by atoms with E-state index in [1.54, 1.807) is 0 Å². The molecule has 0 radical (unpaired) electrons. The lowest BCUT2D eigenvalue weighted by molar-refractivity contribution is -0.136. The molecule has 0 spiro atoms. The quantitative estimate of drug-likeness (QED) is 0.709. The van der Waals surface area contributed by atoms with Gasteiger partial charge in [-0.2, -0.15) is 13.2 Å². The maximum absolute atomic E-state index is 12.9. The van der Waals surface area contributed by atoms with Crippen molar-refractivity contribution in [3.8, 4) is 0 Å². The van der Waals surface area contributed by atoms with Crippen LogP contribution in [0.3, 0.4) is 0 Å². The summed E-state index contributed by atoms with van der Waals surface area (Å²) in [7, 11) is 0. The van der Waals surface area contributed by atoms with E-state index in [9.17, 15) is 13.2 Å². The third-order valence-corrected chi connectivity index (χ3v) is 3.52. The van der Waals surface area contributed by atoms with E-state index in [4.69, 9.17) is 12.2 Å². The van der Waals surface area contributed by atoms with Crippen LogP contribution in [0.5, 0.6) is 0 Å². The number of alkyl halides is 3. The predicted molar refractivity (Wildman–Crippen MR) is 91.8 cm³/mol. The maximum atomic E-state index is 12.9. The Hall–Kier alpha value is -2.08. The van der Waals surface area contributed by atoms with Gasteiger partial charge in [-0.05, 0) is 48.0 Å². The molecule has 2 aromatic rings. The van der Waals surface area contributed by atoms with Crippen LogP contribution in [0, 0.1) is 0 Å². The van der Waals surface area contributed by atoms with Gasteiger partial charge in [-0.25, -0.2) is 0 Å². The largest absolute Gasteiger partial charge is 0.418 e. The van der Waals surface area contributed by atoms with E-state index in [0.29, 0.717) is 5.92 Å². The Labute approximate surface area is 138 Å². The van der Waals surface area contributed by atoms with E-state index in [1.165, 1.54) is 23.8 Å². The Bertz CT molecular complexity index is 679. The van der Waals surface area contributed by atoms with Gasteiger partial charge in [-0.3, -0.25) is 0 Å². The summed E-state index contributed by atoms with van der Waals surface area (Å²) in [6.45, 7) is 4.17. The Morgan fingerprint density at radius 2 is 1.57 bits per heavy atom. The molecule has 23 heavy (non-hydrogen) atoms. The summed E-state index contributed by atoms with van der Waals surface area (Å²) in [5, 5.41) is 5.60. The number of para-hydroxylation sites is 1. The third-order valence-electron chi connectivity index (χ3n) is 3.32. The molecule has 0 unspecified atom stereocenters. The summed E-state index contributed by atoms with van der Waals surface area (Å²) in [5.41, 5.74) is 1.07. The van der Waals surface area contributed by atoms with Crippen molar-refractivity contribution in [2.75, 3.05) is 10.6 Å². The van der Waals surface area contributed by atoms with E-state index in [-0.39, 0.29) is 10.8 Å². The van der Waals surface area contributed by atoms with E-state index in [0.717, 1.165) is 11.8 Å². The summed E-state index contributed by atoms with van der Waals surface area (Å²) < 4.78 is 38.8. The molecule has 0 aliphatic carbocycles. The molecule has 2 N–H and O–H groups in total. The summed E-state index contributed by atoms with van der Waals surface area (Å²) in [4.78, 5) is 0. The summed E-state index contributed by atoms with van der Waals surface area (Å²) in [5.74, 6) is 0.410. The Morgan fingerprint density at radius 1 is 0.957 bits per heavy atom. The fourth-order valence-electron chi connectivity index (χ4n) is 2.08. The minimum atomic E-state index is -4.43. The predicted octanol–water partition coefficient (Wildman–Crippen LogP) is 5.64. The zero-order valence-corrected chi connectivity index (χ0v) is 13.6. The lowest BCUT2D eigenvalue weighted by Gasteiger charge is -2.16. The summed E-state index contributed by atoms with van der Waals surface area (Å²) >= 11 is 5.10. The minimum absolute atomic E-state index is 0.0729. The first kappa shape index (κ1) is 17.3. The zero-order valence-electron chi connectivity index (χ0n) is 12.7. The topological polar surface area (TPSA) is 24.1 Å². The second-order valence-electron chi connectivity index (χ2n) is 5.40. The molecular formula is C17H17F3N2S. The van der Waals surface area contributed by atoms with Crippen LogP contribution >= 0.6 is 12.2 Å². The van der Waals surface area contributed by atoms with Crippen LogP contribution < -0.4 is 10.6 Å². The Morgan fingerprint density at radius 3 is 2.13 bits per heavy atom. The Kier molecular flexibility index (Phi) is 5.26. The fraction of sp³-hybridized carbons (Fsp3) is 0.235. The van der Waals surface area contributed by atoms with Crippen molar-refractivity contribution < 1.29 is 13.2 Å². The van der Waals surface area contributed by atoms with Gasteiger partial charge in [0.2, 0.25) is 0 Å². The van der Waals surface area contributed by atoms with Gasteiger partial charge in [-0.15, -0.1) is 0 Å². The first-order valence-corrected chi connectivity index (χ1v) is 7.52. The van der Waals surface area contributed by atoms with Gasteiger partial charge < -0.3 is 10.6 Å². The minimum Gasteiger partial charge on any atom is -0.332 e. The molecular weight excluding hydrogens is 321 g/mol. The smallest absolute Gasteiger partial charge is 0.332 e. The van der Waals surface area contributed by atoms with Crippen molar-refractivity contribution >= 4 is 28.7 Å². The monoisotopic (exact) mass is 338 g/mol. The van der Waals surface area contributed by atoms with Gasteiger partial charge >= 0.3 is 6.18 Å². The normalized spacial score (nSPS) is 11.4. The highest BCUT2D eigenvalue weighted by Crippen LogP contribution is 2.34. The van der Waals surface area contributed by atoms with Crippen molar-refractivity contribution in [3.63, 3.8) is 0 Å². The number of thiocarbonyl (C=S) groups is 1. The second kappa shape index (κ2) is 7.00. The molecule has 0 atom stereocenters. The molecule has 0 fully saturated rings. The molecule has 2 nitrogen and oxygen atoms in total. The number of anilines is 2. The molecule has 0 amide bonds. The number of hydrogen-bond acceptors (Lipinski definition) is 1. The van der Waals surface area contributed by atoms with Crippen LogP contribution in [0.15, 0.2) is 48.5 Å². The van der Waals surface area contributed by atoms with E-state index in [1.807, 2.05) is 24.3 Å². The number of halogens is 3. The number of hydrogen-bond donors (Lipinski definition) is 2. The molecule has 0 aliphatic rings. The van der Waals surface area contributed by atoms with E-state index in [2.05, 4.69) is 24.5 Å². The van der Waals surface area contributed by atoms with Crippen LogP contribution in [-0.2, 0) is 6.18 Å². The van der Waals surface area contributed by atoms with Crippen LogP contribution in [-0.4, -0.2) is 5.11 Å². The van der Waals surface area contributed by atoms with Crippen LogP contribution in [0.4, 0.5) is 24.5 Å². The van der Waals surface area contributed by atoms with Gasteiger partial charge in [0.15, 0.2) is 5.11 Å². The van der Waals surface area contributed by atoms with Crippen LogP contribution in [0.25, 0.3) is 0 Å². The molecule has 122 valence electrons. The summed E-state index contributed by atoms with van der Waals surface area (Å²) in [6.07, 6.45) is -4.43. The molecule has 0 saturated heterocycles. The lowest BCUT2D eigenvalue weighted by Crippen LogP contribution is -2.21.